The SMILES string of the molecule is Cc1ccsc1C(C)NCCN(C)C1CC1. The Bertz CT molecular complexity index is 330. The van der Waals surface area contributed by atoms with E-state index < -0.39 is 0 Å². The predicted molar refractivity (Wildman–Crippen MR) is 71.1 cm³/mol. The second-order valence-corrected chi connectivity index (χ2v) is 5.80. The molecule has 1 heterocycles. The van der Waals surface area contributed by atoms with Crippen LogP contribution in [-0.2, 0) is 0 Å². The fourth-order valence-corrected chi connectivity index (χ4v) is 3.04. The van der Waals surface area contributed by atoms with Crippen molar-refractivity contribution in [2.24, 2.45) is 0 Å². The van der Waals surface area contributed by atoms with Crippen LogP contribution in [0.2, 0.25) is 0 Å². The van der Waals surface area contributed by atoms with Crippen LogP contribution in [-0.4, -0.2) is 31.1 Å². The highest BCUT2D eigenvalue weighted by atomic mass is 32.1. The first-order valence-corrected chi connectivity index (χ1v) is 7.04. The number of nitrogens with one attached hydrogen (secondary N) is 1. The van der Waals surface area contributed by atoms with Crippen molar-refractivity contribution in [2.45, 2.75) is 38.8 Å². The second kappa shape index (κ2) is 5.30. The Morgan fingerprint density at radius 3 is 2.88 bits per heavy atom. The van der Waals surface area contributed by atoms with Crippen molar-refractivity contribution in [3.8, 4) is 0 Å². The van der Waals surface area contributed by atoms with E-state index in [9.17, 15) is 0 Å². The molecule has 1 unspecified atom stereocenters. The number of aryl methyl sites for hydroxylation is 1. The molecule has 1 atom stereocenters. The number of likely N-dealkylation sites (N-methyl/N-ethyl adjacent to an activating group) is 1. The Kier molecular flexibility index (Phi) is 4.00. The molecule has 1 aliphatic carbocycles. The third-order valence-corrected chi connectivity index (χ3v) is 4.58. The Balaban J connectivity index is 1.71. The van der Waals surface area contributed by atoms with Crippen LogP contribution < -0.4 is 5.32 Å². The summed E-state index contributed by atoms with van der Waals surface area (Å²) in [6, 6.07) is 3.57. The van der Waals surface area contributed by atoms with Gasteiger partial charge in [0.15, 0.2) is 0 Å². The number of thiophene rings is 1. The summed E-state index contributed by atoms with van der Waals surface area (Å²) in [6.07, 6.45) is 2.80. The molecule has 0 spiro atoms. The van der Waals surface area contributed by atoms with Gasteiger partial charge >= 0.3 is 0 Å². The van der Waals surface area contributed by atoms with Gasteiger partial charge in [0.1, 0.15) is 0 Å². The summed E-state index contributed by atoms with van der Waals surface area (Å²) >= 11 is 1.86. The third-order valence-electron chi connectivity index (χ3n) is 3.38. The lowest BCUT2D eigenvalue weighted by atomic mass is 10.2. The van der Waals surface area contributed by atoms with Gasteiger partial charge in [0.25, 0.3) is 0 Å². The van der Waals surface area contributed by atoms with E-state index in [0.29, 0.717) is 6.04 Å². The minimum absolute atomic E-state index is 0.493. The molecule has 2 rings (SSSR count). The van der Waals surface area contributed by atoms with E-state index in [1.54, 1.807) is 0 Å². The Morgan fingerprint density at radius 2 is 2.31 bits per heavy atom. The van der Waals surface area contributed by atoms with E-state index in [1.807, 2.05) is 11.3 Å². The maximum Gasteiger partial charge on any atom is 0.0389 e. The highest BCUT2D eigenvalue weighted by Gasteiger charge is 2.25. The predicted octanol–water partition coefficient (Wildman–Crippen LogP) is 2.80. The number of hydrogen-bond donors (Lipinski definition) is 1. The van der Waals surface area contributed by atoms with E-state index in [1.165, 1.54) is 29.8 Å². The maximum absolute atomic E-state index is 3.61. The average molecular weight is 238 g/mol. The first-order valence-electron chi connectivity index (χ1n) is 6.16. The first kappa shape index (κ1) is 12.1. The second-order valence-electron chi connectivity index (χ2n) is 4.86. The monoisotopic (exact) mass is 238 g/mol. The van der Waals surface area contributed by atoms with Crippen molar-refractivity contribution >= 4 is 11.3 Å². The molecule has 0 aliphatic heterocycles. The van der Waals surface area contributed by atoms with Crippen molar-refractivity contribution in [3.63, 3.8) is 0 Å². The zero-order valence-electron chi connectivity index (χ0n) is 10.5. The lowest BCUT2D eigenvalue weighted by Crippen LogP contribution is -2.31. The van der Waals surface area contributed by atoms with Crippen LogP contribution in [0.25, 0.3) is 0 Å². The molecule has 3 heteroatoms. The molecule has 90 valence electrons. The van der Waals surface area contributed by atoms with Gasteiger partial charge in [-0.1, -0.05) is 0 Å². The lowest BCUT2D eigenvalue weighted by Gasteiger charge is -2.18. The van der Waals surface area contributed by atoms with Crippen LogP contribution in [0.15, 0.2) is 11.4 Å². The van der Waals surface area contributed by atoms with E-state index in [4.69, 9.17) is 0 Å². The summed E-state index contributed by atoms with van der Waals surface area (Å²) in [6.45, 7) is 6.71. The highest BCUT2D eigenvalue weighted by Crippen LogP contribution is 2.25. The van der Waals surface area contributed by atoms with Crippen molar-refractivity contribution in [1.82, 2.24) is 10.2 Å². The zero-order chi connectivity index (χ0) is 11.5. The van der Waals surface area contributed by atoms with E-state index >= 15 is 0 Å². The van der Waals surface area contributed by atoms with Crippen molar-refractivity contribution in [3.05, 3.63) is 21.9 Å². The molecule has 1 aliphatic rings. The summed E-state index contributed by atoms with van der Waals surface area (Å²) in [5, 5.41) is 5.79. The minimum Gasteiger partial charge on any atom is -0.308 e. The smallest absolute Gasteiger partial charge is 0.0389 e. The Labute approximate surface area is 103 Å². The van der Waals surface area contributed by atoms with E-state index in [0.717, 1.165) is 12.6 Å². The molecule has 16 heavy (non-hydrogen) atoms. The minimum atomic E-state index is 0.493. The third kappa shape index (κ3) is 3.06. The highest BCUT2D eigenvalue weighted by molar-refractivity contribution is 7.10. The van der Waals surface area contributed by atoms with Gasteiger partial charge in [-0.3, -0.25) is 0 Å². The summed E-state index contributed by atoms with van der Waals surface area (Å²) < 4.78 is 0. The van der Waals surface area contributed by atoms with Crippen molar-refractivity contribution in [1.29, 1.82) is 0 Å². The molecule has 1 aromatic rings. The van der Waals surface area contributed by atoms with Crippen molar-refractivity contribution < 1.29 is 0 Å². The summed E-state index contributed by atoms with van der Waals surface area (Å²) in [4.78, 5) is 3.95. The number of nitrogens with zero attached hydrogens (tertiary/aromatic N) is 1. The summed E-state index contributed by atoms with van der Waals surface area (Å²) in [5.74, 6) is 0. The number of hydrogen-bond acceptors (Lipinski definition) is 3. The van der Waals surface area contributed by atoms with Gasteiger partial charge < -0.3 is 10.2 Å². The Hall–Kier alpha value is -0.380. The van der Waals surface area contributed by atoms with Crippen LogP contribution in [0.4, 0.5) is 0 Å². The average Bonchev–Trinajstić information content (AvgIpc) is 3.01. The molecule has 1 aromatic heterocycles. The number of rotatable bonds is 6. The molecule has 0 aromatic carbocycles. The fraction of sp³-hybridized carbons (Fsp3) is 0.692. The molecule has 1 saturated carbocycles. The molecule has 2 nitrogen and oxygen atoms in total. The van der Waals surface area contributed by atoms with Gasteiger partial charge in [0, 0.05) is 30.1 Å². The van der Waals surface area contributed by atoms with E-state index in [-0.39, 0.29) is 0 Å². The van der Waals surface area contributed by atoms with Gasteiger partial charge in [-0.2, -0.15) is 0 Å². The fourth-order valence-electron chi connectivity index (χ4n) is 2.08. The van der Waals surface area contributed by atoms with Crippen LogP contribution in [0.1, 0.15) is 36.2 Å². The molecule has 1 fully saturated rings. The van der Waals surface area contributed by atoms with Crippen molar-refractivity contribution in [2.75, 3.05) is 20.1 Å². The molecule has 0 saturated heterocycles. The summed E-state index contributed by atoms with van der Waals surface area (Å²) in [7, 11) is 2.24. The van der Waals surface area contributed by atoms with Gasteiger partial charge in [0.2, 0.25) is 0 Å². The zero-order valence-corrected chi connectivity index (χ0v) is 11.3. The largest absolute Gasteiger partial charge is 0.308 e. The van der Waals surface area contributed by atoms with Crippen LogP contribution >= 0.6 is 11.3 Å². The molecule has 0 amide bonds. The van der Waals surface area contributed by atoms with E-state index in [2.05, 4.69) is 42.6 Å². The topological polar surface area (TPSA) is 15.3 Å². The quantitative estimate of drug-likeness (QED) is 0.820. The first-order chi connectivity index (χ1) is 7.68. The van der Waals surface area contributed by atoms with Crippen LogP contribution in [0.3, 0.4) is 0 Å². The molecule has 0 radical (unpaired) electrons. The van der Waals surface area contributed by atoms with Gasteiger partial charge in [-0.15, -0.1) is 11.3 Å². The molecular formula is C13H22N2S. The Morgan fingerprint density at radius 1 is 1.56 bits per heavy atom. The summed E-state index contributed by atoms with van der Waals surface area (Å²) in [5.41, 5.74) is 1.42. The van der Waals surface area contributed by atoms with Gasteiger partial charge in [-0.25, -0.2) is 0 Å². The normalized spacial score (nSPS) is 18.0. The molecular weight excluding hydrogens is 216 g/mol. The maximum atomic E-state index is 3.61. The molecule has 1 N–H and O–H groups in total. The standard InChI is InChI=1S/C13H22N2S/c1-10-6-9-16-13(10)11(2)14-7-8-15(3)12-4-5-12/h6,9,11-12,14H,4-5,7-8H2,1-3H3. The van der Waals surface area contributed by atoms with Crippen LogP contribution in [0, 0.1) is 6.92 Å². The van der Waals surface area contributed by atoms with Crippen LogP contribution in [0.5, 0.6) is 0 Å². The van der Waals surface area contributed by atoms with Gasteiger partial charge in [0.05, 0.1) is 0 Å². The van der Waals surface area contributed by atoms with Gasteiger partial charge in [-0.05, 0) is 50.7 Å². The lowest BCUT2D eigenvalue weighted by molar-refractivity contribution is 0.317. The molecule has 0 bridgehead atoms.